The molecule has 2 N–H and O–H groups in total. The molecule has 0 aromatic heterocycles. The second-order valence-corrected chi connectivity index (χ2v) is 4.77. The molecule has 0 saturated carbocycles. The molecule has 0 bridgehead atoms. The zero-order valence-electron chi connectivity index (χ0n) is 11.9. The fourth-order valence-electron chi connectivity index (χ4n) is 1.89. The normalized spacial score (nSPS) is 13.8. The van der Waals surface area contributed by atoms with Crippen LogP contribution in [0.3, 0.4) is 0 Å². The number of likely N-dealkylation sites (N-methyl/N-ethyl adjacent to an activating group) is 1. The van der Waals surface area contributed by atoms with E-state index in [1.54, 1.807) is 6.92 Å². The molecule has 19 heavy (non-hydrogen) atoms. The van der Waals surface area contributed by atoms with Gasteiger partial charge in [0.2, 0.25) is 0 Å². The molecule has 0 radical (unpaired) electrons. The molecule has 0 aliphatic rings. The molecule has 4 nitrogen and oxygen atoms in total. The van der Waals surface area contributed by atoms with Crippen molar-refractivity contribution in [3.63, 3.8) is 0 Å². The summed E-state index contributed by atoms with van der Waals surface area (Å²) in [6, 6.07) is 7.89. The maximum absolute atomic E-state index is 11.2. The van der Waals surface area contributed by atoms with Crippen molar-refractivity contribution in [2.45, 2.75) is 39.2 Å². The maximum atomic E-state index is 11.2. The molecule has 106 valence electrons. The van der Waals surface area contributed by atoms with Crippen molar-refractivity contribution in [3.05, 3.63) is 29.8 Å². The number of hydrogen-bond donors (Lipinski definition) is 2. The Morgan fingerprint density at radius 3 is 2.74 bits per heavy atom. The van der Waals surface area contributed by atoms with Gasteiger partial charge in [0.1, 0.15) is 11.3 Å². The summed E-state index contributed by atoms with van der Waals surface area (Å²) in [6.07, 6.45) is 1.38. The van der Waals surface area contributed by atoms with Gasteiger partial charge in [-0.25, -0.2) is 0 Å². The largest absolute Gasteiger partial charge is 0.493 e. The van der Waals surface area contributed by atoms with Crippen molar-refractivity contribution in [3.8, 4) is 5.75 Å². The van der Waals surface area contributed by atoms with Gasteiger partial charge in [0.25, 0.3) is 0 Å². The third-order valence-corrected chi connectivity index (χ3v) is 3.22. The number of rotatable bonds is 8. The lowest BCUT2D eigenvalue weighted by Gasteiger charge is -2.25. The van der Waals surface area contributed by atoms with Gasteiger partial charge in [-0.1, -0.05) is 26.0 Å². The minimum absolute atomic E-state index is 0.378. The average molecular weight is 265 g/mol. The minimum Gasteiger partial charge on any atom is -0.493 e. The molecular formula is C15H23NO3. The van der Waals surface area contributed by atoms with Gasteiger partial charge in [-0.05, 0) is 37.6 Å². The number of aryl methyl sites for hydroxylation is 1. The second kappa shape index (κ2) is 7.14. The molecule has 1 unspecified atom stereocenters. The molecule has 1 rings (SSSR count). The molecule has 4 heteroatoms. The number of ether oxygens (including phenoxy) is 1. The van der Waals surface area contributed by atoms with Gasteiger partial charge in [-0.3, -0.25) is 4.79 Å². The van der Waals surface area contributed by atoms with Gasteiger partial charge in [0, 0.05) is 6.42 Å². The molecule has 0 saturated heterocycles. The van der Waals surface area contributed by atoms with E-state index in [2.05, 4.69) is 12.2 Å². The summed E-state index contributed by atoms with van der Waals surface area (Å²) in [5.41, 5.74) is 0.280. The van der Waals surface area contributed by atoms with Crippen LogP contribution in [0.4, 0.5) is 0 Å². The van der Waals surface area contributed by atoms with E-state index in [1.165, 1.54) is 5.56 Å². The molecule has 0 spiro atoms. The highest BCUT2D eigenvalue weighted by atomic mass is 16.5. The number of aliphatic carboxylic acids is 1. The summed E-state index contributed by atoms with van der Waals surface area (Å²) in [4.78, 5) is 11.2. The first kappa shape index (κ1) is 15.5. The minimum atomic E-state index is -0.933. The summed E-state index contributed by atoms with van der Waals surface area (Å²) in [5, 5.41) is 12.2. The molecule has 0 heterocycles. The number of carboxylic acids is 1. The highest BCUT2D eigenvalue weighted by Crippen LogP contribution is 2.16. The monoisotopic (exact) mass is 265 g/mol. The first-order chi connectivity index (χ1) is 9.01. The van der Waals surface area contributed by atoms with Crippen molar-refractivity contribution >= 4 is 5.97 Å². The molecule has 0 aliphatic carbocycles. The maximum Gasteiger partial charge on any atom is 0.323 e. The van der Waals surface area contributed by atoms with Crippen LogP contribution < -0.4 is 10.1 Å². The van der Waals surface area contributed by atoms with Crippen LogP contribution in [0.25, 0.3) is 0 Å². The lowest BCUT2D eigenvalue weighted by molar-refractivity contribution is -0.144. The van der Waals surface area contributed by atoms with Crippen LogP contribution in [0.15, 0.2) is 24.3 Å². The topological polar surface area (TPSA) is 58.6 Å². The number of hydrogen-bond acceptors (Lipinski definition) is 3. The average Bonchev–Trinajstić information content (AvgIpc) is 2.39. The van der Waals surface area contributed by atoms with E-state index in [0.29, 0.717) is 19.6 Å². The van der Waals surface area contributed by atoms with Crippen LogP contribution in [0.2, 0.25) is 0 Å². The molecule has 1 aromatic carbocycles. The Kier molecular flexibility index (Phi) is 5.83. The van der Waals surface area contributed by atoms with Crippen molar-refractivity contribution < 1.29 is 14.6 Å². The van der Waals surface area contributed by atoms with Crippen LogP contribution in [0.5, 0.6) is 5.75 Å². The number of carboxylic acid groups (broad SMARTS) is 1. The third-order valence-electron chi connectivity index (χ3n) is 3.22. The molecular weight excluding hydrogens is 242 g/mol. The van der Waals surface area contributed by atoms with E-state index in [-0.39, 0.29) is 0 Å². The fourth-order valence-corrected chi connectivity index (χ4v) is 1.89. The highest BCUT2D eigenvalue weighted by molar-refractivity contribution is 5.78. The fraction of sp³-hybridized carbons (Fsp3) is 0.533. The van der Waals surface area contributed by atoms with E-state index in [9.17, 15) is 9.90 Å². The molecule has 0 amide bonds. The Hall–Kier alpha value is -1.55. The van der Waals surface area contributed by atoms with Crippen molar-refractivity contribution in [2.75, 3.05) is 13.2 Å². The van der Waals surface area contributed by atoms with Gasteiger partial charge >= 0.3 is 5.97 Å². The number of benzene rings is 1. The number of carbonyl (C=O) groups is 1. The van der Waals surface area contributed by atoms with Gasteiger partial charge < -0.3 is 15.2 Å². The van der Waals surface area contributed by atoms with E-state index >= 15 is 0 Å². The summed E-state index contributed by atoms with van der Waals surface area (Å²) in [6.45, 7) is 6.67. The standard InChI is InChI=1S/C15H23NO3/c1-4-12-7-6-8-13(11-12)19-10-9-15(3,14(17)18)16-5-2/h6-8,11,16H,4-5,9-10H2,1-3H3,(H,17,18). The Balaban J connectivity index is 2.54. The van der Waals surface area contributed by atoms with E-state index < -0.39 is 11.5 Å². The lowest BCUT2D eigenvalue weighted by Crippen LogP contribution is -2.50. The Morgan fingerprint density at radius 1 is 1.42 bits per heavy atom. The molecule has 0 aliphatic heterocycles. The van der Waals surface area contributed by atoms with Crippen LogP contribution >= 0.6 is 0 Å². The van der Waals surface area contributed by atoms with E-state index in [1.807, 2.05) is 31.2 Å². The van der Waals surface area contributed by atoms with Crippen molar-refractivity contribution in [1.29, 1.82) is 0 Å². The first-order valence-electron chi connectivity index (χ1n) is 6.72. The summed E-state index contributed by atoms with van der Waals surface area (Å²) >= 11 is 0. The summed E-state index contributed by atoms with van der Waals surface area (Å²) < 4.78 is 5.64. The van der Waals surface area contributed by atoms with Crippen molar-refractivity contribution in [1.82, 2.24) is 5.32 Å². The molecule has 0 fully saturated rings. The SMILES string of the molecule is CCNC(C)(CCOc1cccc(CC)c1)C(=O)O. The predicted octanol–water partition coefficient (Wildman–Crippen LogP) is 2.47. The van der Waals surface area contributed by atoms with Gasteiger partial charge in [0.15, 0.2) is 0 Å². The van der Waals surface area contributed by atoms with Crippen LogP contribution in [-0.4, -0.2) is 29.8 Å². The predicted molar refractivity (Wildman–Crippen MR) is 75.6 cm³/mol. The van der Waals surface area contributed by atoms with Crippen LogP contribution in [0.1, 0.15) is 32.8 Å². The highest BCUT2D eigenvalue weighted by Gasteiger charge is 2.31. The third kappa shape index (κ3) is 4.56. The van der Waals surface area contributed by atoms with E-state index in [0.717, 1.165) is 12.2 Å². The van der Waals surface area contributed by atoms with Gasteiger partial charge in [-0.2, -0.15) is 0 Å². The first-order valence-corrected chi connectivity index (χ1v) is 6.72. The van der Waals surface area contributed by atoms with Crippen LogP contribution in [0, 0.1) is 0 Å². The Labute approximate surface area is 114 Å². The summed E-state index contributed by atoms with van der Waals surface area (Å²) in [7, 11) is 0. The molecule has 1 aromatic rings. The smallest absolute Gasteiger partial charge is 0.323 e. The van der Waals surface area contributed by atoms with Gasteiger partial charge in [0.05, 0.1) is 6.61 Å². The zero-order chi connectivity index (χ0) is 14.3. The lowest BCUT2D eigenvalue weighted by atomic mass is 9.98. The Bertz CT molecular complexity index is 420. The second-order valence-electron chi connectivity index (χ2n) is 4.77. The Morgan fingerprint density at radius 2 is 2.16 bits per heavy atom. The number of nitrogens with one attached hydrogen (secondary N) is 1. The van der Waals surface area contributed by atoms with E-state index in [4.69, 9.17) is 4.74 Å². The zero-order valence-corrected chi connectivity index (χ0v) is 11.9. The molecule has 1 atom stereocenters. The van der Waals surface area contributed by atoms with Crippen molar-refractivity contribution in [2.24, 2.45) is 0 Å². The van der Waals surface area contributed by atoms with Crippen LogP contribution in [-0.2, 0) is 11.2 Å². The summed E-state index contributed by atoms with van der Waals surface area (Å²) in [5.74, 6) is -0.0520. The van der Waals surface area contributed by atoms with Gasteiger partial charge in [-0.15, -0.1) is 0 Å². The quantitative estimate of drug-likeness (QED) is 0.758.